The van der Waals surface area contributed by atoms with Gasteiger partial charge in [0.2, 0.25) is 5.82 Å². The van der Waals surface area contributed by atoms with E-state index < -0.39 is 0 Å². The van der Waals surface area contributed by atoms with Crippen LogP contribution >= 0.6 is 0 Å². The van der Waals surface area contributed by atoms with Crippen molar-refractivity contribution in [2.45, 2.75) is 32.3 Å². The molecule has 1 fully saturated rings. The third kappa shape index (κ3) is 2.63. The summed E-state index contributed by atoms with van der Waals surface area (Å²) in [6, 6.07) is 0. The van der Waals surface area contributed by atoms with Crippen molar-refractivity contribution < 1.29 is 9.90 Å². The quantitative estimate of drug-likeness (QED) is 0.785. The Bertz CT molecular complexity index is 398. The number of aryl methyl sites for hydroxylation is 1. The highest BCUT2D eigenvalue weighted by Gasteiger charge is 2.30. The number of H-pyrrole nitrogens is 1. The molecule has 1 heterocycles. The molecular formula is C11H18N4O2. The molecule has 1 amide bonds. The second kappa shape index (κ2) is 4.83. The SMILES string of the molecule is CCc1nc(C(=O)N(C)CC2CC(O)C2)n[nH]1. The molecule has 0 unspecified atom stereocenters. The lowest BCUT2D eigenvalue weighted by atomic mass is 9.82. The Morgan fingerprint density at radius 3 is 2.82 bits per heavy atom. The number of aliphatic hydroxyl groups excluding tert-OH is 1. The predicted molar refractivity (Wildman–Crippen MR) is 61.5 cm³/mol. The molecule has 1 aromatic heterocycles. The van der Waals surface area contributed by atoms with Crippen LogP contribution in [0.2, 0.25) is 0 Å². The molecule has 17 heavy (non-hydrogen) atoms. The lowest BCUT2D eigenvalue weighted by Gasteiger charge is -2.34. The molecule has 2 N–H and O–H groups in total. The topological polar surface area (TPSA) is 82.1 Å². The Hall–Kier alpha value is -1.43. The molecule has 6 heteroatoms. The van der Waals surface area contributed by atoms with Gasteiger partial charge in [0, 0.05) is 20.0 Å². The van der Waals surface area contributed by atoms with Crippen molar-refractivity contribution >= 4 is 5.91 Å². The van der Waals surface area contributed by atoms with E-state index in [2.05, 4.69) is 15.2 Å². The summed E-state index contributed by atoms with van der Waals surface area (Å²) in [5.41, 5.74) is 0. The van der Waals surface area contributed by atoms with Crippen molar-refractivity contribution in [1.82, 2.24) is 20.1 Å². The largest absolute Gasteiger partial charge is 0.393 e. The van der Waals surface area contributed by atoms with E-state index in [4.69, 9.17) is 0 Å². The van der Waals surface area contributed by atoms with Gasteiger partial charge in [0.25, 0.3) is 5.91 Å². The molecule has 0 bridgehead atoms. The second-order valence-electron chi connectivity index (χ2n) is 4.64. The molecule has 1 aromatic rings. The fourth-order valence-corrected chi connectivity index (χ4v) is 2.04. The van der Waals surface area contributed by atoms with Crippen LogP contribution in [0.1, 0.15) is 36.2 Å². The molecule has 0 aliphatic heterocycles. The lowest BCUT2D eigenvalue weighted by molar-refractivity contribution is 0.0262. The molecule has 2 rings (SSSR count). The summed E-state index contributed by atoms with van der Waals surface area (Å²) < 4.78 is 0. The maximum absolute atomic E-state index is 11.9. The van der Waals surface area contributed by atoms with Crippen LogP contribution < -0.4 is 0 Å². The van der Waals surface area contributed by atoms with Gasteiger partial charge in [0.1, 0.15) is 5.82 Å². The Morgan fingerprint density at radius 1 is 1.59 bits per heavy atom. The fourth-order valence-electron chi connectivity index (χ4n) is 2.04. The third-order valence-corrected chi connectivity index (χ3v) is 3.15. The van der Waals surface area contributed by atoms with Gasteiger partial charge in [-0.1, -0.05) is 6.92 Å². The van der Waals surface area contributed by atoms with Crippen molar-refractivity contribution in [3.05, 3.63) is 11.6 Å². The maximum Gasteiger partial charge on any atom is 0.293 e. The number of rotatable bonds is 4. The van der Waals surface area contributed by atoms with Crippen LogP contribution in [-0.2, 0) is 6.42 Å². The number of carbonyl (C=O) groups is 1. The van der Waals surface area contributed by atoms with Crippen LogP contribution in [0.5, 0.6) is 0 Å². The number of nitrogens with zero attached hydrogens (tertiary/aromatic N) is 3. The summed E-state index contributed by atoms with van der Waals surface area (Å²) in [5.74, 6) is 1.19. The summed E-state index contributed by atoms with van der Waals surface area (Å²) in [6.45, 7) is 2.61. The number of aromatic amines is 1. The number of carbonyl (C=O) groups excluding carboxylic acids is 1. The van der Waals surface area contributed by atoms with Crippen LogP contribution in [0, 0.1) is 5.92 Å². The standard InChI is InChI=1S/C11H18N4O2/c1-3-9-12-10(14-13-9)11(17)15(2)6-7-4-8(16)5-7/h7-8,16H,3-6H2,1-2H3,(H,12,13,14). The zero-order valence-corrected chi connectivity index (χ0v) is 10.2. The Kier molecular flexibility index (Phi) is 3.42. The Morgan fingerprint density at radius 2 is 2.29 bits per heavy atom. The van der Waals surface area contributed by atoms with E-state index in [1.165, 1.54) is 0 Å². The van der Waals surface area contributed by atoms with Gasteiger partial charge < -0.3 is 10.0 Å². The highest BCUT2D eigenvalue weighted by molar-refractivity contribution is 5.90. The first-order valence-electron chi connectivity index (χ1n) is 5.95. The number of amides is 1. The predicted octanol–water partition coefficient (Wildman–Crippen LogP) is 0.210. The molecule has 1 saturated carbocycles. The number of hydrogen-bond donors (Lipinski definition) is 2. The average molecular weight is 238 g/mol. The summed E-state index contributed by atoms with van der Waals surface area (Å²) in [6.07, 6.45) is 2.12. The number of aliphatic hydroxyl groups is 1. The van der Waals surface area contributed by atoms with Crippen LogP contribution in [0.25, 0.3) is 0 Å². The van der Waals surface area contributed by atoms with Gasteiger partial charge in [-0.3, -0.25) is 9.89 Å². The Labute approximate surface area is 100 Å². The van der Waals surface area contributed by atoms with E-state index >= 15 is 0 Å². The van der Waals surface area contributed by atoms with Crippen molar-refractivity contribution in [2.75, 3.05) is 13.6 Å². The van der Waals surface area contributed by atoms with Crippen molar-refractivity contribution in [2.24, 2.45) is 5.92 Å². The average Bonchev–Trinajstić information content (AvgIpc) is 2.74. The zero-order valence-electron chi connectivity index (χ0n) is 10.2. The molecule has 6 nitrogen and oxygen atoms in total. The molecular weight excluding hydrogens is 220 g/mol. The van der Waals surface area contributed by atoms with Crippen molar-refractivity contribution in [3.63, 3.8) is 0 Å². The van der Waals surface area contributed by atoms with Gasteiger partial charge in [-0.15, -0.1) is 5.10 Å². The lowest BCUT2D eigenvalue weighted by Crippen LogP contribution is -2.39. The van der Waals surface area contributed by atoms with Gasteiger partial charge in [-0.2, -0.15) is 0 Å². The van der Waals surface area contributed by atoms with Crippen LogP contribution in [0.3, 0.4) is 0 Å². The van der Waals surface area contributed by atoms with E-state index in [-0.39, 0.29) is 17.8 Å². The van der Waals surface area contributed by atoms with Gasteiger partial charge >= 0.3 is 0 Å². The number of aromatic nitrogens is 3. The minimum absolute atomic E-state index is 0.165. The molecule has 1 aliphatic rings. The van der Waals surface area contributed by atoms with Gasteiger partial charge in [0.05, 0.1) is 6.10 Å². The van der Waals surface area contributed by atoms with Gasteiger partial charge in [0.15, 0.2) is 0 Å². The molecule has 94 valence electrons. The van der Waals surface area contributed by atoms with Crippen LogP contribution in [0.15, 0.2) is 0 Å². The van der Waals surface area contributed by atoms with E-state index in [0.717, 1.165) is 25.1 Å². The second-order valence-corrected chi connectivity index (χ2v) is 4.64. The van der Waals surface area contributed by atoms with E-state index in [0.29, 0.717) is 12.5 Å². The smallest absolute Gasteiger partial charge is 0.293 e. The van der Waals surface area contributed by atoms with Crippen molar-refractivity contribution in [3.8, 4) is 0 Å². The summed E-state index contributed by atoms with van der Waals surface area (Å²) in [4.78, 5) is 17.7. The molecule has 0 spiro atoms. The first-order valence-corrected chi connectivity index (χ1v) is 5.95. The molecule has 0 atom stereocenters. The molecule has 1 aliphatic carbocycles. The maximum atomic E-state index is 11.9. The third-order valence-electron chi connectivity index (χ3n) is 3.15. The minimum Gasteiger partial charge on any atom is -0.393 e. The summed E-state index contributed by atoms with van der Waals surface area (Å²) in [7, 11) is 1.75. The molecule has 0 radical (unpaired) electrons. The summed E-state index contributed by atoms with van der Waals surface area (Å²) >= 11 is 0. The number of hydrogen-bond acceptors (Lipinski definition) is 4. The van der Waals surface area contributed by atoms with Gasteiger partial charge in [-0.05, 0) is 18.8 Å². The van der Waals surface area contributed by atoms with Crippen LogP contribution in [0.4, 0.5) is 0 Å². The number of nitrogens with one attached hydrogen (secondary N) is 1. The van der Waals surface area contributed by atoms with Gasteiger partial charge in [-0.25, -0.2) is 4.98 Å². The highest BCUT2D eigenvalue weighted by Crippen LogP contribution is 2.27. The highest BCUT2D eigenvalue weighted by atomic mass is 16.3. The first-order chi connectivity index (χ1) is 8.10. The first kappa shape index (κ1) is 12.0. The van der Waals surface area contributed by atoms with E-state index in [1.54, 1.807) is 11.9 Å². The Balaban J connectivity index is 1.90. The van der Waals surface area contributed by atoms with Crippen LogP contribution in [-0.4, -0.2) is 50.8 Å². The summed E-state index contributed by atoms with van der Waals surface area (Å²) in [5, 5.41) is 15.8. The normalized spacial score (nSPS) is 23.2. The van der Waals surface area contributed by atoms with E-state index in [9.17, 15) is 9.90 Å². The molecule has 0 saturated heterocycles. The molecule has 0 aromatic carbocycles. The van der Waals surface area contributed by atoms with E-state index in [1.807, 2.05) is 6.92 Å². The fraction of sp³-hybridized carbons (Fsp3) is 0.727. The minimum atomic E-state index is -0.182. The monoisotopic (exact) mass is 238 g/mol. The zero-order chi connectivity index (χ0) is 12.4. The van der Waals surface area contributed by atoms with Crippen molar-refractivity contribution in [1.29, 1.82) is 0 Å².